The number of allylic oxidation sites excluding steroid dienone is 2. The maximum Gasteiger partial charge on any atom is 0.222 e. The summed E-state index contributed by atoms with van der Waals surface area (Å²) in [5.41, 5.74) is 1.04. The highest BCUT2D eigenvalue weighted by atomic mass is 19.1. The first-order chi connectivity index (χ1) is 9.99. The third-order valence-electron chi connectivity index (χ3n) is 4.65. The average molecular weight is 295 g/mol. The number of likely N-dealkylation sites (N-methyl/N-ethyl adjacent to an activating group) is 3. The molecule has 2 heterocycles. The van der Waals surface area contributed by atoms with Gasteiger partial charge in [-0.05, 0) is 19.0 Å². The van der Waals surface area contributed by atoms with E-state index in [1.54, 1.807) is 16.0 Å². The second-order valence-electron chi connectivity index (χ2n) is 6.01. The van der Waals surface area contributed by atoms with Gasteiger partial charge in [-0.1, -0.05) is 18.2 Å². The summed E-state index contributed by atoms with van der Waals surface area (Å²) in [6.07, 6.45) is 6.07. The molecule has 6 heteroatoms. The second-order valence-corrected chi connectivity index (χ2v) is 6.01. The molecule has 0 aromatic carbocycles. The van der Waals surface area contributed by atoms with Crippen molar-refractivity contribution >= 4 is 5.91 Å². The van der Waals surface area contributed by atoms with Crippen molar-refractivity contribution in [1.82, 2.24) is 14.9 Å². The van der Waals surface area contributed by atoms with Gasteiger partial charge in [0.1, 0.15) is 12.3 Å². The van der Waals surface area contributed by atoms with Gasteiger partial charge in [-0.2, -0.15) is 5.06 Å². The Morgan fingerprint density at radius 1 is 1.33 bits per heavy atom. The molecule has 0 aromatic heterocycles. The Bertz CT molecular complexity index is 493. The lowest BCUT2D eigenvalue weighted by atomic mass is 10.0. The highest BCUT2D eigenvalue weighted by Crippen LogP contribution is 2.33. The maximum absolute atomic E-state index is 13.2. The summed E-state index contributed by atoms with van der Waals surface area (Å²) in [6.45, 7) is 0. The second kappa shape index (κ2) is 5.51. The van der Waals surface area contributed by atoms with E-state index in [1.165, 1.54) is 0 Å². The number of hydroxylamine groups is 2. The van der Waals surface area contributed by atoms with E-state index in [0.29, 0.717) is 12.8 Å². The molecule has 4 unspecified atom stereocenters. The fourth-order valence-electron chi connectivity index (χ4n) is 3.45. The van der Waals surface area contributed by atoms with E-state index in [4.69, 9.17) is 4.84 Å². The normalized spacial score (nSPS) is 38.4. The molecule has 2 saturated heterocycles. The summed E-state index contributed by atoms with van der Waals surface area (Å²) in [4.78, 5) is 21.6. The van der Waals surface area contributed by atoms with Crippen LogP contribution in [-0.4, -0.2) is 66.5 Å². The van der Waals surface area contributed by atoms with Crippen molar-refractivity contribution in [2.75, 3.05) is 21.1 Å². The quantitative estimate of drug-likeness (QED) is 0.769. The number of hydrogen-bond donors (Lipinski definition) is 0. The van der Waals surface area contributed by atoms with Crippen molar-refractivity contribution in [3.05, 3.63) is 23.8 Å². The van der Waals surface area contributed by atoms with Gasteiger partial charge in [-0.25, -0.2) is 4.39 Å². The van der Waals surface area contributed by atoms with Crippen LogP contribution in [0.15, 0.2) is 23.8 Å². The van der Waals surface area contributed by atoms with Gasteiger partial charge in [0, 0.05) is 26.9 Å². The van der Waals surface area contributed by atoms with Gasteiger partial charge in [-0.3, -0.25) is 14.5 Å². The highest BCUT2D eigenvalue weighted by Gasteiger charge is 2.46. The van der Waals surface area contributed by atoms with Crippen molar-refractivity contribution < 1.29 is 14.0 Å². The molecule has 2 fully saturated rings. The zero-order chi connectivity index (χ0) is 15.1. The Kier molecular flexibility index (Phi) is 3.86. The minimum absolute atomic E-state index is 0.0390. The van der Waals surface area contributed by atoms with Crippen LogP contribution in [0.25, 0.3) is 0 Å². The zero-order valence-corrected chi connectivity index (χ0v) is 12.7. The summed E-state index contributed by atoms with van der Waals surface area (Å²) >= 11 is 0. The predicted octanol–water partition coefficient (Wildman–Crippen LogP) is 1.29. The topological polar surface area (TPSA) is 36.0 Å². The van der Waals surface area contributed by atoms with Gasteiger partial charge in [0.15, 0.2) is 6.23 Å². The first-order valence-corrected chi connectivity index (χ1v) is 7.38. The smallest absolute Gasteiger partial charge is 0.222 e. The van der Waals surface area contributed by atoms with Gasteiger partial charge in [0.2, 0.25) is 5.91 Å². The third kappa shape index (κ3) is 2.52. The summed E-state index contributed by atoms with van der Waals surface area (Å²) in [7, 11) is 5.71. The molecule has 0 bridgehead atoms. The van der Waals surface area contributed by atoms with Crippen molar-refractivity contribution in [3.8, 4) is 0 Å². The van der Waals surface area contributed by atoms with Crippen LogP contribution in [0.5, 0.6) is 0 Å². The summed E-state index contributed by atoms with van der Waals surface area (Å²) in [5, 5.41) is 1.80. The molecule has 5 nitrogen and oxygen atoms in total. The molecule has 0 spiro atoms. The van der Waals surface area contributed by atoms with E-state index in [-0.39, 0.29) is 24.3 Å². The summed E-state index contributed by atoms with van der Waals surface area (Å²) in [6, 6.07) is 0.0667. The number of likely N-dealkylation sites (tertiary alicyclic amines) is 1. The van der Waals surface area contributed by atoms with Crippen molar-refractivity contribution in [2.24, 2.45) is 0 Å². The number of hydrogen-bond acceptors (Lipinski definition) is 4. The molecule has 2 aliphatic heterocycles. The lowest BCUT2D eigenvalue weighted by Crippen LogP contribution is -2.47. The molecule has 1 amide bonds. The first-order valence-electron chi connectivity index (χ1n) is 7.38. The Labute approximate surface area is 124 Å². The Morgan fingerprint density at radius 2 is 2.10 bits per heavy atom. The molecule has 1 aliphatic carbocycles. The van der Waals surface area contributed by atoms with Crippen LogP contribution in [0.1, 0.15) is 19.3 Å². The Balaban J connectivity index is 1.76. The lowest BCUT2D eigenvalue weighted by molar-refractivity contribution is -0.161. The maximum atomic E-state index is 13.2. The van der Waals surface area contributed by atoms with E-state index >= 15 is 0 Å². The molecule has 3 rings (SSSR count). The number of nitrogens with zero attached hydrogens (tertiary/aromatic N) is 3. The van der Waals surface area contributed by atoms with E-state index in [9.17, 15) is 9.18 Å². The molecule has 0 radical (unpaired) electrons. The zero-order valence-electron chi connectivity index (χ0n) is 12.7. The molecule has 0 aromatic rings. The molecular formula is C15H22FN3O2. The number of amides is 1. The van der Waals surface area contributed by atoms with E-state index in [0.717, 1.165) is 12.0 Å². The molecule has 4 atom stereocenters. The third-order valence-corrected chi connectivity index (χ3v) is 4.65. The average Bonchev–Trinajstić information content (AvgIpc) is 2.93. The fourth-order valence-corrected chi connectivity index (χ4v) is 3.45. The summed E-state index contributed by atoms with van der Waals surface area (Å²) < 4.78 is 13.2. The van der Waals surface area contributed by atoms with Gasteiger partial charge in [0.25, 0.3) is 0 Å². The van der Waals surface area contributed by atoms with Crippen molar-refractivity contribution in [1.29, 1.82) is 0 Å². The number of rotatable bonds is 2. The van der Waals surface area contributed by atoms with E-state index in [1.807, 2.05) is 33.3 Å². The van der Waals surface area contributed by atoms with E-state index in [2.05, 4.69) is 4.90 Å². The minimum atomic E-state index is -0.888. The first kappa shape index (κ1) is 14.7. The molecule has 21 heavy (non-hydrogen) atoms. The van der Waals surface area contributed by atoms with Crippen LogP contribution in [0.3, 0.4) is 0 Å². The van der Waals surface area contributed by atoms with Crippen LogP contribution in [0, 0.1) is 0 Å². The molecular weight excluding hydrogens is 273 g/mol. The number of carbonyl (C=O) groups is 1. The Hall–Kier alpha value is -1.24. The van der Waals surface area contributed by atoms with Crippen LogP contribution in [-0.2, 0) is 9.63 Å². The van der Waals surface area contributed by atoms with Gasteiger partial charge in [-0.15, -0.1) is 0 Å². The SMILES string of the molecule is CN1OC(C2CCC(=O)N2C)N(C)C1C1=CCC(F)C=C1. The van der Waals surface area contributed by atoms with Crippen LogP contribution in [0.2, 0.25) is 0 Å². The number of halogens is 1. The monoisotopic (exact) mass is 295 g/mol. The number of alkyl halides is 1. The molecule has 3 aliphatic rings. The van der Waals surface area contributed by atoms with Gasteiger partial charge in [0.05, 0.1) is 6.04 Å². The summed E-state index contributed by atoms with van der Waals surface area (Å²) in [5.74, 6) is 0.167. The Morgan fingerprint density at radius 3 is 2.67 bits per heavy atom. The fraction of sp³-hybridized carbons (Fsp3) is 0.667. The van der Waals surface area contributed by atoms with Crippen molar-refractivity contribution in [2.45, 2.75) is 43.9 Å². The van der Waals surface area contributed by atoms with Crippen molar-refractivity contribution in [3.63, 3.8) is 0 Å². The molecule has 116 valence electrons. The van der Waals surface area contributed by atoms with E-state index < -0.39 is 6.17 Å². The highest BCUT2D eigenvalue weighted by molar-refractivity contribution is 5.78. The molecule has 0 saturated carbocycles. The standard InChI is InChI=1S/C15H22FN3O2/c1-17-12(8-9-13(17)20)15-18(2)14(19(3)21-15)10-4-6-11(16)7-5-10/h4-6,11-12,14-15H,7-9H2,1-3H3. The van der Waals surface area contributed by atoms with Gasteiger partial charge < -0.3 is 4.90 Å². The van der Waals surface area contributed by atoms with Crippen LogP contribution in [0.4, 0.5) is 4.39 Å². The van der Waals surface area contributed by atoms with Crippen LogP contribution < -0.4 is 0 Å². The largest absolute Gasteiger partial charge is 0.339 e. The lowest BCUT2D eigenvalue weighted by Gasteiger charge is -2.30. The molecule has 0 N–H and O–H groups in total. The number of carbonyl (C=O) groups excluding carboxylic acids is 1. The van der Waals surface area contributed by atoms with Crippen LogP contribution >= 0.6 is 0 Å². The minimum Gasteiger partial charge on any atom is -0.339 e. The predicted molar refractivity (Wildman–Crippen MR) is 76.7 cm³/mol. The van der Waals surface area contributed by atoms with Gasteiger partial charge >= 0.3 is 0 Å².